The zero-order valence-electron chi connectivity index (χ0n) is 15.1. The first kappa shape index (κ1) is 19.5. The van der Waals surface area contributed by atoms with Crippen molar-refractivity contribution >= 4 is 34.9 Å². The van der Waals surface area contributed by atoms with E-state index in [0.717, 1.165) is 26.1 Å². The molecule has 1 N–H and O–H groups in total. The summed E-state index contributed by atoms with van der Waals surface area (Å²) in [6.45, 7) is 10.1. The van der Waals surface area contributed by atoms with E-state index in [4.69, 9.17) is 12.2 Å². The van der Waals surface area contributed by atoms with Crippen LogP contribution >= 0.6 is 12.2 Å². The van der Waals surface area contributed by atoms with Crippen molar-refractivity contribution in [3.63, 3.8) is 0 Å². The van der Waals surface area contributed by atoms with E-state index in [0.29, 0.717) is 24.4 Å². The standard InChI is InChI=1S/C18H26N4O2S/c1-4-10-22-17(24)14-8-7-13(12-15(14)20-18(22)25)16(23)19-9-11-21(5-2)6-3/h7-8,12,14H,4-6,9-11H2,1-3H3,(H,19,23). The molecule has 1 heterocycles. The molecule has 0 saturated carbocycles. The normalized spacial score (nSPS) is 19.7. The van der Waals surface area contributed by atoms with Crippen molar-refractivity contribution in [1.29, 1.82) is 0 Å². The fourth-order valence-corrected chi connectivity index (χ4v) is 3.17. The molecule has 0 fully saturated rings. The van der Waals surface area contributed by atoms with Crippen molar-refractivity contribution < 1.29 is 9.59 Å². The van der Waals surface area contributed by atoms with Crippen molar-refractivity contribution in [2.75, 3.05) is 32.7 Å². The van der Waals surface area contributed by atoms with Gasteiger partial charge in [0, 0.05) is 25.2 Å². The Morgan fingerprint density at radius 3 is 2.72 bits per heavy atom. The van der Waals surface area contributed by atoms with Crippen LogP contribution in [0.4, 0.5) is 0 Å². The summed E-state index contributed by atoms with van der Waals surface area (Å²) >= 11 is 5.23. The van der Waals surface area contributed by atoms with Crippen molar-refractivity contribution in [2.24, 2.45) is 10.9 Å². The molecule has 0 aromatic rings. The van der Waals surface area contributed by atoms with Gasteiger partial charge in [0.1, 0.15) is 0 Å². The number of nitrogens with one attached hydrogen (secondary N) is 1. The highest BCUT2D eigenvalue weighted by Crippen LogP contribution is 2.22. The van der Waals surface area contributed by atoms with E-state index in [1.54, 1.807) is 18.2 Å². The lowest BCUT2D eigenvalue weighted by atomic mass is 9.91. The average molecular weight is 362 g/mol. The van der Waals surface area contributed by atoms with Crippen LogP contribution in [0.25, 0.3) is 0 Å². The molecule has 2 amide bonds. The Hall–Kier alpha value is -1.86. The maximum atomic E-state index is 12.5. The summed E-state index contributed by atoms with van der Waals surface area (Å²) in [7, 11) is 0. The zero-order valence-corrected chi connectivity index (χ0v) is 15.9. The fraction of sp³-hybridized carbons (Fsp3) is 0.556. The SMILES string of the molecule is CCCN1C(=O)C2C=CC(C(=O)NCCN(CC)CC)=CC2=NC1=S. The minimum Gasteiger partial charge on any atom is -0.351 e. The number of hydrogen-bond acceptors (Lipinski definition) is 4. The summed E-state index contributed by atoms with van der Waals surface area (Å²) in [4.78, 5) is 33.0. The minimum absolute atomic E-state index is 0.0645. The van der Waals surface area contributed by atoms with Crippen molar-refractivity contribution in [3.05, 3.63) is 23.8 Å². The Morgan fingerprint density at radius 2 is 2.08 bits per heavy atom. The predicted octanol–water partition coefficient (Wildman–Crippen LogP) is 1.53. The van der Waals surface area contributed by atoms with Gasteiger partial charge in [-0.15, -0.1) is 0 Å². The van der Waals surface area contributed by atoms with Crippen molar-refractivity contribution in [1.82, 2.24) is 15.1 Å². The monoisotopic (exact) mass is 362 g/mol. The lowest BCUT2D eigenvalue weighted by Crippen LogP contribution is -2.46. The van der Waals surface area contributed by atoms with E-state index in [-0.39, 0.29) is 16.9 Å². The van der Waals surface area contributed by atoms with Crippen LogP contribution in [0.2, 0.25) is 0 Å². The summed E-state index contributed by atoms with van der Waals surface area (Å²) in [6.07, 6.45) is 5.94. The fourth-order valence-electron chi connectivity index (χ4n) is 2.88. The van der Waals surface area contributed by atoms with Gasteiger partial charge in [-0.3, -0.25) is 14.5 Å². The molecule has 136 valence electrons. The number of carbonyl (C=O) groups is 2. The molecule has 1 unspecified atom stereocenters. The predicted molar refractivity (Wildman–Crippen MR) is 104 cm³/mol. The molecule has 0 radical (unpaired) electrons. The minimum atomic E-state index is -0.439. The molecule has 0 aromatic heterocycles. The van der Waals surface area contributed by atoms with Gasteiger partial charge in [-0.05, 0) is 37.8 Å². The van der Waals surface area contributed by atoms with E-state index >= 15 is 0 Å². The lowest BCUT2D eigenvalue weighted by molar-refractivity contribution is -0.128. The molecule has 2 aliphatic rings. The number of hydrogen-bond donors (Lipinski definition) is 1. The number of amides is 2. The largest absolute Gasteiger partial charge is 0.351 e. The molecule has 2 rings (SSSR count). The first-order chi connectivity index (χ1) is 12.0. The summed E-state index contributed by atoms with van der Waals surface area (Å²) < 4.78 is 0. The Balaban J connectivity index is 2.03. The summed E-state index contributed by atoms with van der Waals surface area (Å²) in [5, 5.41) is 3.20. The molecule has 1 aliphatic carbocycles. The molecule has 7 heteroatoms. The number of likely N-dealkylation sites (N-methyl/N-ethyl adjacent to an activating group) is 1. The van der Waals surface area contributed by atoms with Crippen LogP contribution in [0.5, 0.6) is 0 Å². The van der Waals surface area contributed by atoms with Crippen LogP contribution < -0.4 is 5.32 Å². The second kappa shape index (κ2) is 9.01. The van der Waals surface area contributed by atoms with E-state index in [1.165, 1.54) is 4.90 Å². The van der Waals surface area contributed by atoms with Gasteiger partial charge in [0.2, 0.25) is 11.0 Å². The molecule has 1 aliphatic heterocycles. The quantitative estimate of drug-likeness (QED) is 0.665. The topological polar surface area (TPSA) is 65.0 Å². The number of rotatable bonds is 8. The number of aliphatic imine (C=N–C) groups is 1. The van der Waals surface area contributed by atoms with Gasteiger partial charge in [0.25, 0.3) is 5.91 Å². The average Bonchev–Trinajstić information content (AvgIpc) is 2.61. The van der Waals surface area contributed by atoms with Crippen LogP contribution in [-0.4, -0.2) is 65.2 Å². The van der Waals surface area contributed by atoms with Gasteiger partial charge in [0.05, 0.1) is 11.6 Å². The van der Waals surface area contributed by atoms with Crippen LogP contribution in [0.3, 0.4) is 0 Å². The molecule has 0 bridgehead atoms. The van der Waals surface area contributed by atoms with Gasteiger partial charge in [0.15, 0.2) is 0 Å². The van der Waals surface area contributed by atoms with Crippen LogP contribution in [0, 0.1) is 5.92 Å². The third-order valence-corrected chi connectivity index (χ3v) is 4.71. The maximum absolute atomic E-state index is 12.5. The molecule has 25 heavy (non-hydrogen) atoms. The molecular formula is C18H26N4O2S. The van der Waals surface area contributed by atoms with E-state index in [1.807, 2.05) is 6.92 Å². The van der Waals surface area contributed by atoms with Crippen LogP contribution in [-0.2, 0) is 9.59 Å². The third kappa shape index (κ3) is 4.61. The highest BCUT2D eigenvalue weighted by molar-refractivity contribution is 7.80. The lowest BCUT2D eigenvalue weighted by Gasteiger charge is -2.30. The van der Waals surface area contributed by atoms with Gasteiger partial charge < -0.3 is 10.2 Å². The first-order valence-electron chi connectivity index (χ1n) is 8.86. The molecule has 0 aromatic carbocycles. The van der Waals surface area contributed by atoms with Gasteiger partial charge in [-0.2, -0.15) is 0 Å². The number of allylic oxidation sites excluding steroid dienone is 1. The highest BCUT2D eigenvalue weighted by Gasteiger charge is 2.34. The number of nitrogens with zero attached hydrogens (tertiary/aromatic N) is 3. The highest BCUT2D eigenvalue weighted by atomic mass is 32.1. The first-order valence-corrected chi connectivity index (χ1v) is 9.26. The van der Waals surface area contributed by atoms with Gasteiger partial charge in [-0.1, -0.05) is 32.9 Å². The van der Waals surface area contributed by atoms with Crippen LogP contribution in [0.15, 0.2) is 28.8 Å². The van der Waals surface area contributed by atoms with E-state index in [2.05, 4.69) is 29.1 Å². The molecule has 0 saturated heterocycles. The number of carbonyl (C=O) groups excluding carboxylic acids is 2. The Morgan fingerprint density at radius 1 is 1.36 bits per heavy atom. The van der Waals surface area contributed by atoms with E-state index < -0.39 is 5.92 Å². The summed E-state index contributed by atoms with van der Waals surface area (Å²) in [5.74, 6) is -0.658. The van der Waals surface area contributed by atoms with Gasteiger partial charge >= 0.3 is 0 Å². The molecule has 0 spiro atoms. The summed E-state index contributed by atoms with van der Waals surface area (Å²) in [6, 6.07) is 0. The summed E-state index contributed by atoms with van der Waals surface area (Å²) in [5.41, 5.74) is 1.06. The van der Waals surface area contributed by atoms with Crippen LogP contribution in [0.1, 0.15) is 27.2 Å². The smallest absolute Gasteiger partial charge is 0.251 e. The zero-order chi connectivity index (χ0) is 18.4. The van der Waals surface area contributed by atoms with Crippen molar-refractivity contribution in [2.45, 2.75) is 27.2 Å². The van der Waals surface area contributed by atoms with Crippen molar-refractivity contribution in [3.8, 4) is 0 Å². The number of thiocarbonyl (C=S) groups is 1. The number of fused-ring (bicyclic) bond motifs is 1. The van der Waals surface area contributed by atoms with Gasteiger partial charge in [-0.25, -0.2) is 4.99 Å². The molecule has 1 atom stereocenters. The maximum Gasteiger partial charge on any atom is 0.251 e. The molecular weight excluding hydrogens is 336 g/mol. The Labute approximate surface area is 154 Å². The second-order valence-electron chi connectivity index (χ2n) is 6.03. The Kier molecular flexibility index (Phi) is 7.01. The Bertz CT molecular complexity index is 635. The third-order valence-electron chi connectivity index (χ3n) is 4.40. The van der Waals surface area contributed by atoms with E-state index in [9.17, 15) is 9.59 Å². The molecule has 6 nitrogen and oxygen atoms in total. The second-order valence-corrected chi connectivity index (χ2v) is 6.39.